The lowest BCUT2D eigenvalue weighted by Gasteiger charge is -2.39. The Morgan fingerprint density at radius 2 is 1.80 bits per heavy atom. The minimum atomic E-state index is -0.789. The van der Waals surface area contributed by atoms with Crippen molar-refractivity contribution < 1.29 is 19.3 Å². The number of fused-ring (bicyclic) bond motifs is 1. The third kappa shape index (κ3) is 6.82. The van der Waals surface area contributed by atoms with E-state index in [1.807, 2.05) is 60.7 Å². The highest BCUT2D eigenvalue weighted by atomic mass is 35.5. The molecular weight excluding hydrogens is 551 g/mol. The maximum Gasteiger partial charge on any atom is 0.135 e. The predicted octanol–water partition coefficient (Wildman–Crippen LogP) is 6.21. The Labute approximate surface area is 243 Å². The smallest absolute Gasteiger partial charge is 0.135 e. The largest absolute Gasteiger partial charge is 0.399 e. The van der Waals surface area contributed by atoms with E-state index in [0.717, 1.165) is 48.5 Å². The zero-order valence-electron chi connectivity index (χ0n) is 22.3. The summed E-state index contributed by atoms with van der Waals surface area (Å²) in [7, 11) is 1.53. The van der Waals surface area contributed by atoms with E-state index in [9.17, 15) is 5.11 Å². The van der Waals surface area contributed by atoms with Crippen molar-refractivity contribution in [1.82, 2.24) is 15.2 Å². The van der Waals surface area contributed by atoms with Gasteiger partial charge in [0.2, 0.25) is 0 Å². The monoisotopic (exact) mass is 582 g/mol. The Bertz CT molecular complexity index is 1440. The summed E-state index contributed by atoms with van der Waals surface area (Å²) >= 11 is 12.6. The first kappa shape index (κ1) is 28.5. The molecular formula is C30H32Cl2N4O4. The Hall–Kier alpha value is -3.01. The van der Waals surface area contributed by atoms with Crippen LogP contribution in [0.5, 0.6) is 0 Å². The summed E-state index contributed by atoms with van der Waals surface area (Å²) in [6, 6.07) is 21.3. The van der Waals surface area contributed by atoms with Gasteiger partial charge in [0.25, 0.3) is 0 Å². The maximum atomic E-state index is 11.2. The maximum absolute atomic E-state index is 11.2. The molecule has 0 aliphatic carbocycles. The Morgan fingerprint density at radius 3 is 2.55 bits per heavy atom. The van der Waals surface area contributed by atoms with Crippen LogP contribution >= 0.6 is 23.2 Å². The van der Waals surface area contributed by atoms with Crippen LogP contribution < -0.4 is 0 Å². The van der Waals surface area contributed by atoms with Gasteiger partial charge in [0.05, 0.1) is 34.6 Å². The highest BCUT2D eigenvalue weighted by Gasteiger charge is 2.34. The van der Waals surface area contributed by atoms with Crippen LogP contribution in [0.25, 0.3) is 11.0 Å². The van der Waals surface area contributed by atoms with E-state index in [1.165, 1.54) is 7.11 Å². The number of benzene rings is 3. The predicted molar refractivity (Wildman–Crippen MR) is 156 cm³/mol. The third-order valence-electron chi connectivity index (χ3n) is 7.52. The highest BCUT2D eigenvalue weighted by molar-refractivity contribution is 6.42. The molecule has 0 spiro atoms. The van der Waals surface area contributed by atoms with Crippen LogP contribution in [0, 0.1) is 0 Å². The number of piperidine rings is 1. The van der Waals surface area contributed by atoms with E-state index in [0.29, 0.717) is 40.5 Å². The highest BCUT2D eigenvalue weighted by Crippen LogP contribution is 2.34. The molecule has 1 aliphatic rings. The SMILES string of the molecule is CO/N=C(/COCc1ccc2nonc2c1)C(CCN1CCC(O)(c2ccccc2)CC1)c1ccc(Cl)c(Cl)c1. The topological polar surface area (TPSA) is 93.2 Å². The molecule has 3 aromatic carbocycles. The summed E-state index contributed by atoms with van der Waals surface area (Å²) in [6.07, 6.45) is 2.13. The van der Waals surface area contributed by atoms with Gasteiger partial charge in [0.1, 0.15) is 18.1 Å². The molecule has 0 amide bonds. The van der Waals surface area contributed by atoms with Crippen LogP contribution in [-0.2, 0) is 21.8 Å². The fourth-order valence-electron chi connectivity index (χ4n) is 5.25. The van der Waals surface area contributed by atoms with Crippen molar-refractivity contribution in [3.8, 4) is 0 Å². The number of likely N-dealkylation sites (tertiary alicyclic amines) is 1. The fraction of sp³-hybridized carbons (Fsp3) is 0.367. The van der Waals surface area contributed by atoms with Gasteiger partial charge in [-0.3, -0.25) is 0 Å². The van der Waals surface area contributed by atoms with Crippen LogP contribution in [0.1, 0.15) is 41.9 Å². The van der Waals surface area contributed by atoms with E-state index in [-0.39, 0.29) is 12.5 Å². The second-order valence-corrected chi connectivity index (χ2v) is 10.9. The number of hydrogen-bond acceptors (Lipinski definition) is 8. The van der Waals surface area contributed by atoms with E-state index in [4.69, 9.17) is 37.4 Å². The lowest BCUT2D eigenvalue weighted by atomic mass is 9.84. The molecule has 8 nitrogen and oxygen atoms in total. The molecule has 2 heterocycles. The number of oxime groups is 1. The van der Waals surface area contributed by atoms with Gasteiger partial charge < -0.3 is 19.6 Å². The van der Waals surface area contributed by atoms with Gasteiger partial charge in [-0.25, -0.2) is 4.63 Å². The van der Waals surface area contributed by atoms with Gasteiger partial charge in [-0.2, -0.15) is 0 Å². The average Bonchev–Trinajstić information content (AvgIpc) is 3.44. The molecule has 40 heavy (non-hydrogen) atoms. The van der Waals surface area contributed by atoms with Crippen molar-refractivity contribution in [2.45, 2.75) is 37.4 Å². The molecule has 10 heteroatoms. The van der Waals surface area contributed by atoms with Crippen LogP contribution in [0.3, 0.4) is 0 Å². The van der Waals surface area contributed by atoms with Gasteiger partial charge in [-0.1, -0.05) is 70.8 Å². The second kappa shape index (κ2) is 13.1. The number of hydrogen-bond donors (Lipinski definition) is 1. The molecule has 0 saturated carbocycles. The molecule has 210 valence electrons. The summed E-state index contributed by atoms with van der Waals surface area (Å²) in [6.45, 7) is 3.04. The van der Waals surface area contributed by atoms with Crippen LogP contribution in [0.15, 0.2) is 76.5 Å². The standard InChI is InChI=1S/C30H32Cl2N4O4/c1-38-33-29(20-39-19-21-7-10-27-28(17-21)35-40-34-27)24(22-8-9-25(31)26(32)18-22)11-14-36-15-12-30(37,13-16-36)23-5-3-2-4-6-23/h2-10,17-18,24,37H,11-16,19-20H2,1H3/b33-29-. The van der Waals surface area contributed by atoms with Crippen LogP contribution in [0.2, 0.25) is 10.0 Å². The molecule has 1 aromatic heterocycles. The van der Waals surface area contributed by atoms with Crippen molar-refractivity contribution in [2.24, 2.45) is 5.16 Å². The minimum Gasteiger partial charge on any atom is -0.399 e. The first-order valence-electron chi connectivity index (χ1n) is 13.3. The first-order valence-corrected chi connectivity index (χ1v) is 14.0. The molecule has 1 N–H and O–H groups in total. The van der Waals surface area contributed by atoms with E-state index in [2.05, 4.69) is 20.4 Å². The number of aromatic nitrogens is 2. The van der Waals surface area contributed by atoms with E-state index < -0.39 is 5.60 Å². The number of nitrogens with zero attached hydrogens (tertiary/aromatic N) is 4. The van der Waals surface area contributed by atoms with Crippen molar-refractivity contribution in [2.75, 3.05) is 33.4 Å². The summed E-state index contributed by atoms with van der Waals surface area (Å²) in [4.78, 5) is 7.63. The van der Waals surface area contributed by atoms with Gasteiger partial charge in [-0.15, -0.1) is 0 Å². The van der Waals surface area contributed by atoms with Crippen molar-refractivity contribution in [3.63, 3.8) is 0 Å². The summed E-state index contributed by atoms with van der Waals surface area (Å²) in [5.41, 5.74) is 4.26. The van der Waals surface area contributed by atoms with Crippen LogP contribution in [-0.4, -0.2) is 59.4 Å². The van der Waals surface area contributed by atoms with Crippen molar-refractivity contribution >= 4 is 39.9 Å². The lowest BCUT2D eigenvalue weighted by Crippen LogP contribution is -2.43. The van der Waals surface area contributed by atoms with Gasteiger partial charge in [-0.05, 0) is 77.1 Å². The molecule has 1 fully saturated rings. The Balaban J connectivity index is 1.26. The van der Waals surface area contributed by atoms with E-state index in [1.54, 1.807) is 6.07 Å². The molecule has 0 radical (unpaired) electrons. The summed E-state index contributed by atoms with van der Waals surface area (Å²) in [5, 5.41) is 24.4. The molecule has 5 rings (SSSR count). The zero-order chi connectivity index (χ0) is 28.0. The molecule has 4 aromatic rings. The molecule has 0 bridgehead atoms. The molecule has 1 atom stereocenters. The van der Waals surface area contributed by atoms with Crippen molar-refractivity contribution in [3.05, 3.63) is 93.5 Å². The fourth-order valence-corrected chi connectivity index (χ4v) is 5.56. The average molecular weight is 584 g/mol. The third-order valence-corrected chi connectivity index (χ3v) is 8.26. The van der Waals surface area contributed by atoms with Gasteiger partial charge >= 0.3 is 0 Å². The Morgan fingerprint density at radius 1 is 1.02 bits per heavy atom. The lowest BCUT2D eigenvalue weighted by molar-refractivity contribution is -0.0261. The number of rotatable bonds is 11. The number of ether oxygens (including phenoxy) is 1. The van der Waals surface area contributed by atoms with Crippen LogP contribution in [0.4, 0.5) is 0 Å². The zero-order valence-corrected chi connectivity index (χ0v) is 23.8. The van der Waals surface area contributed by atoms with Gasteiger partial charge in [0, 0.05) is 19.0 Å². The normalized spacial score (nSPS) is 16.8. The van der Waals surface area contributed by atoms with Gasteiger partial charge in [0.15, 0.2) is 0 Å². The molecule has 1 saturated heterocycles. The minimum absolute atomic E-state index is 0.105. The first-order chi connectivity index (χ1) is 19.4. The van der Waals surface area contributed by atoms with Crippen molar-refractivity contribution in [1.29, 1.82) is 0 Å². The molecule has 1 unspecified atom stereocenters. The van der Waals surface area contributed by atoms with E-state index >= 15 is 0 Å². The summed E-state index contributed by atoms with van der Waals surface area (Å²) in [5.74, 6) is -0.105. The molecule has 1 aliphatic heterocycles. The second-order valence-electron chi connectivity index (χ2n) is 10.1. The quantitative estimate of drug-likeness (QED) is 0.166. The number of halogens is 2. The Kier molecular flexibility index (Phi) is 9.34. The number of aliphatic hydroxyl groups is 1. The summed E-state index contributed by atoms with van der Waals surface area (Å²) < 4.78 is 10.9.